The Morgan fingerprint density at radius 1 is 0.815 bits per heavy atom. The molecule has 27 heavy (non-hydrogen) atoms. The van der Waals surface area contributed by atoms with Gasteiger partial charge in [-0.25, -0.2) is 0 Å². The Morgan fingerprint density at radius 3 is 1.89 bits per heavy atom. The number of carbonyl (C=O) groups excluding carboxylic acids is 3. The van der Waals surface area contributed by atoms with Crippen molar-refractivity contribution in [1.82, 2.24) is 0 Å². The summed E-state index contributed by atoms with van der Waals surface area (Å²) in [6.07, 6.45) is 1.12. The molecule has 8 heteroatoms. The van der Waals surface area contributed by atoms with Gasteiger partial charge in [0.1, 0.15) is 6.10 Å². The van der Waals surface area contributed by atoms with Gasteiger partial charge in [-0.05, 0) is 32.6 Å². The number of carboxylic acid groups (broad SMARTS) is 1. The minimum absolute atomic E-state index is 0.00317. The second kappa shape index (κ2) is 14.0. The molecular weight excluding hydrogens is 356 g/mol. The molecule has 0 aliphatic rings. The molecule has 0 saturated carbocycles. The maximum Gasteiger partial charge on any atom is 0.315 e. The summed E-state index contributed by atoms with van der Waals surface area (Å²) in [5, 5.41) is 8.71. The van der Waals surface area contributed by atoms with Gasteiger partial charge in [-0.15, -0.1) is 0 Å². The summed E-state index contributed by atoms with van der Waals surface area (Å²) in [5.41, 5.74) is 0. The maximum atomic E-state index is 12.5. The van der Waals surface area contributed by atoms with Crippen LogP contribution in [0.5, 0.6) is 0 Å². The topological polar surface area (TPSA) is 116 Å². The lowest BCUT2D eigenvalue weighted by molar-refractivity contribution is -0.190. The summed E-state index contributed by atoms with van der Waals surface area (Å²) in [7, 11) is 0. The van der Waals surface area contributed by atoms with Crippen molar-refractivity contribution in [3.05, 3.63) is 0 Å². The second-order valence-corrected chi connectivity index (χ2v) is 6.44. The van der Waals surface area contributed by atoms with E-state index in [4.69, 9.17) is 19.3 Å². The third kappa shape index (κ3) is 12.0. The predicted molar refractivity (Wildman–Crippen MR) is 96.6 cm³/mol. The minimum atomic E-state index is -1.04. The molecule has 0 amide bonds. The molecule has 156 valence electrons. The zero-order valence-electron chi connectivity index (χ0n) is 16.7. The monoisotopic (exact) mass is 388 g/mol. The molecule has 0 aromatic carbocycles. The third-order valence-electron chi connectivity index (χ3n) is 3.83. The Kier molecular flexibility index (Phi) is 12.9. The van der Waals surface area contributed by atoms with Gasteiger partial charge in [-0.3, -0.25) is 19.2 Å². The molecule has 8 nitrogen and oxygen atoms in total. The average molecular weight is 388 g/mol. The first-order chi connectivity index (χ1) is 12.7. The highest BCUT2D eigenvalue weighted by molar-refractivity contribution is 5.75. The Balaban J connectivity index is 4.81. The molecule has 1 N–H and O–H groups in total. The molecule has 0 fully saturated rings. The van der Waals surface area contributed by atoms with E-state index in [9.17, 15) is 19.2 Å². The average Bonchev–Trinajstić information content (AvgIpc) is 2.54. The van der Waals surface area contributed by atoms with Gasteiger partial charge in [0, 0.05) is 26.2 Å². The van der Waals surface area contributed by atoms with Crippen LogP contribution >= 0.6 is 0 Å². The fourth-order valence-corrected chi connectivity index (χ4v) is 2.46. The molecule has 3 atom stereocenters. The molecule has 0 radical (unpaired) electrons. The molecule has 0 heterocycles. The van der Waals surface area contributed by atoms with E-state index in [0.29, 0.717) is 32.1 Å². The Labute approximate surface area is 160 Å². The largest absolute Gasteiger partial charge is 0.481 e. The third-order valence-corrected chi connectivity index (χ3v) is 3.83. The van der Waals surface area contributed by atoms with Gasteiger partial charge in [0.05, 0.1) is 5.92 Å². The molecule has 0 bridgehead atoms. The van der Waals surface area contributed by atoms with Gasteiger partial charge in [0.2, 0.25) is 6.29 Å². The summed E-state index contributed by atoms with van der Waals surface area (Å²) in [5.74, 6) is -3.17. The number of carbonyl (C=O) groups is 4. The van der Waals surface area contributed by atoms with Crippen LogP contribution in [0.25, 0.3) is 0 Å². The lowest BCUT2D eigenvalue weighted by Gasteiger charge is -2.24. The molecule has 0 aliphatic carbocycles. The highest BCUT2D eigenvalue weighted by Crippen LogP contribution is 2.20. The van der Waals surface area contributed by atoms with Crippen molar-refractivity contribution in [1.29, 1.82) is 0 Å². The fourth-order valence-electron chi connectivity index (χ4n) is 2.46. The van der Waals surface area contributed by atoms with Crippen LogP contribution in [-0.2, 0) is 33.4 Å². The zero-order chi connectivity index (χ0) is 20.8. The second-order valence-electron chi connectivity index (χ2n) is 6.44. The Hall–Kier alpha value is -2.12. The van der Waals surface area contributed by atoms with Gasteiger partial charge >= 0.3 is 23.9 Å². The Bertz CT molecular complexity index is 488. The van der Waals surface area contributed by atoms with Crippen LogP contribution in [0.15, 0.2) is 0 Å². The lowest BCUT2D eigenvalue weighted by Crippen LogP contribution is -2.34. The number of esters is 3. The minimum Gasteiger partial charge on any atom is -0.481 e. The lowest BCUT2D eigenvalue weighted by atomic mass is 9.96. The van der Waals surface area contributed by atoms with E-state index in [1.807, 2.05) is 13.8 Å². The van der Waals surface area contributed by atoms with E-state index in [-0.39, 0.29) is 19.3 Å². The SMILES string of the molecule is CCCC(=O)OC(C)OC(=O)C(CCCCC(=O)O)C(C)OC(=O)CCC. The van der Waals surface area contributed by atoms with Crippen LogP contribution in [0.2, 0.25) is 0 Å². The van der Waals surface area contributed by atoms with E-state index in [0.717, 1.165) is 0 Å². The number of ether oxygens (including phenoxy) is 3. The molecule has 0 aromatic rings. The van der Waals surface area contributed by atoms with Gasteiger partial charge in [0.25, 0.3) is 0 Å². The molecule has 0 saturated heterocycles. The van der Waals surface area contributed by atoms with Crippen LogP contribution in [-0.4, -0.2) is 41.4 Å². The number of hydrogen-bond donors (Lipinski definition) is 1. The number of rotatable bonds is 14. The summed E-state index contributed by atoms with van der Waals surface area (Å²) >= 11 is 0. The van der Waals surface area contributed by atoms with Crippen LogP contribution in [0, 0.1) is 5.92 Å². The van der Waals surface area contributed by atoms with Crippen molar-refractivity contribution in [2.75, 3.05) is 0 Å². The first-order valence-electron chi connectivity index (χ1n) is 9.52. The number of unbranched alkanes of at least 4 members (excludes halogenated alkanes) is 1. The van der Waals surface area contributed by atoms with Gasteiger partial charge in [0.15, 0.2) is 0 Å². The number of carboxylic acids is 1. The fraction of sp³-hybridized carbons (Fsp3) is 0.789. The highest BCUT2D eigenvalue weighted by Gasteiger charge is 2.30. The van der Waals surface area contributed by atoms with E-state index < -0.39 is 42.2 Å². The van der Waals surface area contributed by atoms with Crippen molar-refractivity contribution in [2.24, 2.45) is 5.92 Å². The van der Waals surface area contributed by atoms with Gasteiger partial charge in [-0.1, -0.05) is 20.3 Å². The normalized spacial score (nSPS) is 13.9. The van der Waals surface area contributed by atoms with Crippen molar-refractivity contribution in [2.45, 2.75) is 91.5 Å². The van der Waals surface area contributed by atoms with Crippen LogP contribution < -0.4 is 0 Å². The quantitative estimate of drug-likeness (QED) is 0.274. The van der Waals surface area contributed by atoms with E-state index in [1.165, 1.54) is 6.92 Å². The molecule has 3 unspecified atom stereocenters. The summed E-state index contributed by atoms with van der Waals surface area (Å²) in [6, 6.07) is 0. The first kappa shape index (κ1) is 24.9. The molecular formula is C19H32O8. The van der Waals surface area contributed by atoms with E-state index >= 15 is 0 Å². The van der Waals surface area contributed by atoms with Crippen LogP contribution in [0.3, 0.4) is 0 Å². The summed E-state index contributed by atoms with van der Waals surface area (Å²) < 4.78 is 15.5. The number of hydrogen-bond acceptors (Lipinski definition) is 7. The predicted octanol–water partition coefficient (Wildman–Crippen LogP) is 3.21. The van der Waals surface area contributed by atoms with Crippen molar-refractivity contribution < 1.29 is 38.5 Å². The van der Waals surface area contributed by atoms with Crippen LogP contribution in [0.1, 0.15) is 79.1 Å². The van der Waals surface area contributed by atoms with Crippen molar-refractivity contribution in [3.63, 3.8) is 0 Å². The molecule has 0 aliphatic heterocycles. The van der Waals surface area contributed by atoms with Crippen molar-refractivity contribution in [3.8, 4) is 0 Å². The molecule has 0 rings (SSSR count). The smallest absolute Gasteiger partial charge is 0.315 e. The van der Waals surface area contributed by atoms with Crippen molar-refractivity contribution >= 4 is 23.9 Å². The standard InChI is InChI=1S/C19H32O8/c1-5-9-17(22)25-13(3)15(11-7-8-12-16(20)21)19(24)27-14(4)26-18(23)10-6-2/h13-15H,5-12H2,1-4H3,(H,20,21). The summed E-state index contributed by atoms with van der Waals surface area (Å²) in [6.45, 7) is 6.72. The molecule has 0 aromatic heterocycles. The van der Waals surface area contributed by atoms with E-state index in [1.54, 1.807) is 6.92 Å². The zero-order valence-corrected chi connectivity index (χ0v) is 16.7. The summed E-state index contributed by atoms with van der Waals surface area (Å²) in [4.78, 5) is 46.3. The van der Waals surface area contributed by atoms with Crippen LogP contribution in [0.4, 0.5) is 0 Å². The van der Waals surface area contributed by atoms with E-state index in [2.05, 4.69) is 0 Å². The Morgan fingerprint density at radius 2 is 1.37 bits per heavy atom. The number of aliphatic carboxylic acids is 1. The first-order valence-corrected chi connectivity index (χ1v) is 9.52. The highest BCUT2D eigenvalue weighted by atomic mass is 16.7. The molecule has 0 spiro atoms. The maximum absolute atomic E-state index is 12.5. The van der Waals surface area contributed by atoms with Gasteiger partial charge < -0.3 is 19.3 Å². The van der Waals surface area contributed by atoms with Gasteiger partial charge in [-0.2, -0.15) is 0 Å².